The molecule has 0 aliphatic carbocycles. The fraction of sp³-hybridized carbons (Fsp3) is 0.400. The highest BCUT2D eigenvalue weighted by Crippen LogP contribution is 2.27. The van der Waals surface area contributed by atoms with Gasteiger partial charge in [-0.25, -0.2) is 0 Å². The number of quaternary nitrogens is 1. The van der Waals surface area contributed by atoms with E-state index in [9.17, 15) is 4.79 Å². The summed E-state index contributed by atoms with van der Waals surface area (Å²) < 4.78 is 2.03. The molecule has 8 heteroatoms. The maximum absolute atomic E-state index is 13.3. The van der Waals surface area contributed by atoms with Crippen LogP contribution in [0.4, 0.5) is 0 Å². The molecule has 1 atom stereocenters. The lowest BCUT2D eigenvalue weighted by molar-refractivity contribution is -0.890. The van der Waals surface area contributed by atoms with Gasteiger partial charge in [-0.05, 0) is 57.5 Å². The van der Waals surface area contributed by atoms with Crippen molar-refractivity contribution in [3.8, 4) is 5.69 Å². The second kappa shape index (κ2) is 10.7. The zero-order valence-electron chi connectivity index (χ0n) is 20.2. The van der Waals surface area contributed by atoms with Gasteiger partial charge in [-0.1, -0.05) is 53.7 Å². The fourth-order valence-corrected chi connectivity index (χ4v) is 4.38. The molecule has 0 fully saturated rings. The number of carbonyl (C=O) groups excluding carboxylic acids is 1. The lowest BCUT2D eigenvalue weighted by Crippen LogP contribution is -3.05. The summed E-state index contributed by atoms with van der Waals surface area (Å²) in [7, 11) is 4.18. The first-order valence-electron chi connectivity index (χ1n) is 11.1. The van der Waals surface area contributed by atoms with E-state index in [0.717, 1.165) is 17.1 Å². The Balaban J connectivity index is 1.86. The van der Waals surface area contributed by atoms with Crippen LogP contribution in [0.15, 0.2) is 59.8 Å². The minimum absolute atomic E-state index is 0.0647. The average molecular weight is 487 g/mol. The van der Waals surface area contributed by atoms with Crippen molar-refractivity contribution in [1.29, 1.82) is 0 Å². The van der Waals surface area contributed by atoms with Gasteiger partial charge in [0.25, 0.3) is 0 Å². The molecule has 3 rings (SSSR count). The van der Waals surface area contributed by atoms with Crippen molar-refractivity contribution in [3.63, 3.8) is 0 Å². The van der Waals surface area contributed by atoms with Crippen molar-refractivity contribution >= 4 is 29.3 Å². The summed E-state index contributed by atoms with van der Waals surface area (Å²) in [5.41, 5.74) is 1.74. The van der Waals surface area contributed by atoms with Gasteiger partial charge in [-0.2, -0.15) is 0 Å². The summed E-state index contributed by atoms with van der Waals surface area (Å²) in [5.74, 6) is 1.19. The third-order valence-electron chi connectivity index (χ3n) is 5.62. The highest BCUT2D eigenvalue weighted by molar-refractivity contribution is 7.99. The predicted octanol–water partition coefficient (Wildman–Crippen LogP) is 4.05. The second-order valence-electron chi connectivity index (χ2n) is 9.38. The molecule has 0 saturated heterocycles. The molecule has 6 nitrogen and oxygen atoms in total. The Morgan fingerprint density at radius 1 is 1.09 bits per heavy atom. The molecule has 0 unspecified atom stereocenters. The number of nitrogens with one attached hydrogen (secondary N) is 1. The third-order valence-corrected chi connectivity index (χ3v) is 6.78. The molecule has 33 heavy (non-hydrogen) atoms. The SMILES string of the molecule is C[C@@H](c1nnc(SCC(=O)N(Cc2ccccc2)C(C)(C)C)n1-c1ccc(Cl)cc1)[NH+](C)C. The molecular formula is C25H33ClN5OS+. The largest absolute Gasteiger partial charge is 0.333 e. The summed E-state index contributed by atoms with van der Waals surface area (Å²) in [5, 5.41) is 10.3. The molecule has 1 N–H and O–H groups in total. The van der Waals surface area contributed by atoms with Crippen LogP contribution in [-0.2, 0) is 11.3 Å². The van der Waals surface area contributed by atoms with E-state index in [2.05, 4.69) is 52.0 Å². The molecule has 176 valence electrons. The first kappa shape index (κ1) is 25.3. The number of hydrogen-bond acceptors (Lipinski definition) is 4. The number of amides is 1. The number of hydrogen-bond donors (Lipinski definition) is 1. The van der Waals surface area contributed by atoms with Crippen molar-refractivity contribution in [3.05, 3.63) is 71.0 Å². The van der Waals surface area contributed by atoms with E-state index in [4.69, 9.17) is 11.6 Å². The van der Waals surface area contributed by atoms with Crippen LogP contribution in [-0.4, -0.2) is 51.0 Å². The maximum atomic E-state index is 13.3. The Morgan fingerprint density at radius 3 is 2.30 bits per heavy atom. The van der Waals surface area contributed by atoms with Gasteiger partial charge in [-0.3, -0.25) is 9.36 Å². The molecular weight excluding hydrogens is 454 g/mol. The van der Waals surface area contributed by atoms with Crippen molar-refractivity contribution in [2.45, 2.75) is 51.0 Å². The molecule has 0 bridgehead atoms. The number of nitrogens with zero attached hydrogens (tertiary/aromatic N) is 4. The average Bonchev–Trinajstić information content (AvgIpc) is 3.19. The van der Waals surface area contributed by atoms with E-state index >= 15 is 0 Å². The van der Waals surface area contributed by atoms with Gasteiger partial charge in [0.1, 0.15) is 6.04 Å². The van der Waals surface area contributed by atoms with E-state index in [-0.39, 0.29) is 23.2 Å². The highest BCUT2D eigenvalue weighted by Gasteiger charge is 2.28. The maximum Gasteiger partial charge on any atom is 0.233 e. The van der Waals surface area contributed by atoms with Gasteiger partial charge >= 0.3 is 0 Å². The number of halogens is 1. The molecule has 0 spiro atoms. The van der Waals surface area contributed by atoms with Crippen molar-refractivity contribution in [2.24, 2.45) is 0 Å². The molecule has 2 aromatic carbocycles. The Hall–Kier alpha value is -2.35. The van der Waals surface area contributed by atoms with Crippen LogP contribution in [0.2, 0.25) is 5.02 Å². The molecule has 3 aromatic rings. The number of benzene rings is 2. The van der Waals surface area contributed by atoms with Gasteiger partial charge in [0.15, 0.2) is 11.0 Å². The van der Waals surface area contributed by atoms with Crippen LogP contribution in [0.25, 0.3) is 5.69 Å². The fourth-order valence-electron chi connectivity index (χ4n) is 3.42. The van der Waals surface area contributed by atoms with Gasteiger partial charge < -0.3 is 9.80 Å². The van der Waals surface area contributed by atoms with Crippen LogP contribution in [0.1, 0.15) is 45.1 Å². The smallest absolute Gasteiger partial charge is 0.233 e. The lowest BCUT2D eigenvalue weighted by Gasteiger charge is -2.36. The summed E-state index contributed by atoms with van der Waals surface area (Å²) in [4.78, 5) is 16.5. The molecule has 0 aliphatic rings. The molecule has 1 aromatic heterocycles. The van der Waals surface area contributed by atoms with E-state index < -0.39 is 0 Å². The first-order valence-corrected chi connectivity index (χ1v) is 12.4. The zero-order chi connectivity index (χ0) is 24.2. The monoisotopic (exact) mass is 486 g/mol. The van der Waals surface area contributed by atoms with Crippen molar-refractivity contribution < 1.29 is 9.69 Å². The van der Waals surface area contributed by atoms with Gasteiger partial charge in [0, 0.05) is 22.8 Å². The molecule has 0 radical (unpaired) electrons. The Labute approximate surface area is 205 Å². The van der Waals surface area contributed by atoms with Gasteiger partial charge in [0.2, 0.25) is 5.91 Å². The number of thioether (sulfide) groups is 1. The number of carbonyl (C=O) groups is 1. The summed E-state index contributed by atoms with van der Waals surface area (Å²) in [6.07, 6.45) is 0. The molecule has 0 saturated carbocycles. The van der Waals surface area contributed by atoms with Crippen LogP contribution >= 0.6 is 23.4 Å². The quantitative estimate of drug-likeness (QED) is 0.488. The highest BCUT2D eigenvalue weighted by atomic mass is 35.5. The van der Waals surface area contributed by atoms with E-state index in [1.807, 2.05) is 64.1 Å². The summed E-state index contributed by atoms with van der Waals surface area (Å²) >= 11 is 7.53. The van der Waals surface area contributed by atoms with Crippen molar-refractivity contribution in [1.82, 2.24) is 19.7 Å². The van der Waals surface area contributed by atoms with Crippen LogP contribution in [0.3, 0.4) is 0 Å². The van der Waals surface area contributed by atoms with E-state index in [1.54, 1.807) is 0 Å². The van der Waals surface area contributed by atoms with Gasteiger partial charge in [-0.15, -0.1) is 10.2 Å². The van der Waals surface area contributed by atoms with Gasteiger partial charge in [0.05, 0.1) is 19.8 Å². The molecule has 0 aliphatic heterocycles. The Kier molecular flexibility index (Phi) is 8.21. The van der Waals surface area contributed by atoms with E-state index in [0.29, 0.717) is 16.7 Å². The van der Waals surface area contributed by atoms with Crippen LogP contribution in [0.5, 0.6) is 0 Å². The first-order chi connectivity index (χ1) is 15.6. The van der Waals surface area contributed by atoms with Crippen molar-refractivity contribution in [2.75, 3.05) is 19.8 Å². The predicted molar refractivity (Wildman–Crippen MR) is 135 cm³/mol. The normalized spacial score (nSPS) is 12.7. The molecule has 1 amide bonds. The number of rotatable bonds is 8. The standard InChI is InChI=1S/C25H32ClN5OS/c1-18(29(5)6)23-27-28-24(31(23)21-14-12-20(26)13-15-21)33-17-22(32)30(25(2,3)4)16-19-10-8-7-9-11-19/h7-15,18H,16-17H2,1-6H3/p+1/t18-/m0/s1. The summed E-state index contributed by atoms with van der Waals surface area (Å²) in [6, 6.07) is 17.8. The summed E-state index contributed by atoms with van der Waals surface area (Å²) in [6.45, 7) is 8.88. The Morgan fingerprint density at radius 2 is 1.73 bits per heavy atom. The molecule has 1 heterocycles. The second-order valence-corrected chi connectivity index (χ2v) is 10.8. The van der Waals surface area contributed by atoms with Crippen LogP contribution in [0, 0.1) is 0 Å². The number of aromatic nitrogens is 3. The lowest BCUT2D eigenvalue weighted by atomic mass is 10.0. The topological polar surface area (TPSA) is 55.5 Å². The van der Waals surface area contributed by atoms with Crippen LogP contribution < -0.4 is 4.90 Å². The zero-order valence-corrected chi connectivity index (χ0v) is 21.7. The minimum atomic E-state index is -0.300. The Bertz CT molecular complexity index is 1060. The third kappa shape index (κ3) is 6.37. The minimum Gasteiger partial charge on any atom is -0.333 e. The van der Waals surface area contributed by atoms with E-state index in [1.165, 1.54) is 16.7 Å².